The molecule has 1 aliphatic rings. The van der Waals surface area contributed by atoms with Crippen LogP contribution in [0.5, 0.6) is 5.75 Å². The molecule has 0 bridgehead atoms. The number of aryl methyl sites for hydroxylation is 1. The van der Waals surface area contributed by atoms with Crippen molar-refractivity contribution in [1.82, 2.24) is 9.80 Å². The van der Waals surface area contributed by atoms with Crippen molar-refractivity contribution in [3.8, 4) is 5.75 Å². The SMILES string of the molecule is Cc1ccc(S(=O)(=O)Nc2ccc3c(c2)C(=O)N([C@H](C)CO)C[C@@H](C)[C@H](CN(C)C)OCCCC[C@@H](C)O3)cc1. The van der Waals surface area contributed by atoms with Crippen molar-refractivity contribution in [1.29, 1.82) is 0 Å². The van der Waals surface area contributed by atoms with Crippen LogP contribution in [0, 0.1) is 12.8 Å². The van der Waals surface area contributed by atoms with Gasteiger partial charge in [-0.25, -0.2) is 8.42 Å². The lowest BCUT2D eigenvalue weighted by atomic mass is 10.0. The van der Waals surface area contributed by atoms with Crippen LogP contribution in [0.1, 0.15) is 56.0 Å². The van der Waals surface area contributed by atoms with Crippen molar-refractivity contribution in [2.45, 2.75) is 70.1 Å². The second-order valence-corrected chi connectivity index (χ2v) is 12.9. The van der Waals surface area contributed by atoms with Crippen LogP contribution in [-0.2, 0) is 14.8 Å². The number of aliphatic hydroxyl groups is 1. The summed E-state index contributed by atoms with van der Waals surface area (Å²) < 4.78 is 41.3. The Labute approximate surface area is 239 Å². The summed E-state index contributed by atoms with van der Waals surface area (Å²) in [5, 5.41) is 10.1. The van der Waals surface area contributed by atoms with E-state index >= 15 is 0 Å². The molecule has 3 rings (SSSR count). The molecule has 0 aromatic heterocycles. The van der Waals surface area contributed by atoms with Gasteiger partial charge in [-0.2, -0.15) is 0 Å². The lowest BCUT2D eigenvalue weighted by Gasteiger charge is -2.35. The van der Waals surface area contributed by atoms with Gasteiger partial charge >= 0.3 is 0 Å². The smallest absolute Gasteiger partial charge is 0.261 e. The molecule has 0 radical (unpaired) electrons. The van der Waals surface area contributed by atoms with E-state index in [1.807, 2.05) is 27.9 Å². The highest BCUT2D eigenvalue weighted by Gasteiger charge is 2.30. The molecule has 1 aliphatic heterocycles. The fraction of sp³-hybridized carbons (Fsp3) is 0.567. The number of aliphatic hydroxyl groups excluding tert-OH is 1. The van der Waals surface area contributed by atoms with Gasteiger partial charge in [0.25, 0.3) is 15.9 Å². The van der Waals surface area contributed by atoms with E-state index in [1.165, 1.54) is 6.07 Å². The first-order valence-electron chi connectivity index (χ1n) is 14.0. The predicted molar refractivity (Wildman–Crippen MR) is 157 cm³/mol. The molecule has 1 heterocycles. The number of rotatable bonds is 7. The normalized spacial score (nSPS) is 22.2. The van der Waals surface area contributed by atoms with Crippen molar-refractivity contribution in [2.75, 3.05) is 45.1 Å². The molecule has 1 amide bonds. The molecule has 2 N–H and O–H groups in total. The first-order valence-corrected chi connectivity index (χ1v) is 15.5. The van der Waals surface area contributed by atoms with E-state index < -0.39 is 16.1 Å². The van der Waals surface area contributed by atoms with Gasteiger partial charge in [-0.1, -0.05) is 24.6 Å². The zero-order chi connectivity index (χ0) is 29.4. The molecule has 0 saturated carbocycles. The minimum absolute atomic E-state index is 0.0187. The Morgan fingerprint density at radius 3 is 2.48 bits per heavy atom. The van der Waals surface area contributed by atoms with Gasteiger partial charge in [0.05, 0.1) is 35.3 Å². The third-order valence-electron chi connectivity index (χ3n) is 7.18. The molecule has 9 nitrogen and oxygen atoms in total. The summed E-state index contributed by atoms with van der Waals surface area (Å²) in [5.41, 5.74) is 1.45. The number of amides is 1. The van der Waals surface area contributed by atoms with Gasteiger partial charge in [-0.05, 0) is 84.5 Å². The number of carbonyl (C=O) groups is 1. The Balaban J connectivity index is 2.02. The van der Waals surface area contributed by atoms with E-state index in [-0.39, 0.29) is 46.8 Å². The number of nitrogens with one attached hydrogen (secondary N) is 1. The van der Waals surface area contributed by atoms with Gasteiger partial charge < -0.3 is 24.4 Å². The molecule has 4 atom stereocenters. The van der Waals surface area contributed by atoms with Gasteiger partial charge in [0, 0.05) is 31.3 Å². The van der Waals surface area contributed by atoms with E-state index in [4.69, 9.17) is 9.47 Å². The number of nitrogens with zero attached hydrogens (tertiary/aromatic N) is 2. The number of sulfonamides is 1. The number of benzene rings is 2. The van der Waals surface area contributed by atoms with Crippen LogP contribution >= 0.6 is 0 Å². The van der Waals surface area contributed by atoms with Gasteiger partial charge in [-0.3, -0.25) is 9.52 Å². The van der Waals surface area contributed by atoms with E-state index in [0.717, 1.165) is 24.8 Å². The number of likely N-dealkylation sites (N-methyl/N-ethyl adjacent to an activating group) is 1. The topological polar surface area (TPSA) is 108 Å². The summed E-state index contributed by atoms with van der Waals surface area (Å²) in [6.07, 6.45) is 2.33. The fourth-order valence-corrected chi connectivity index (χ4v) is 5.79. The number of anilines is 1. The fourth-order valence-electron chi connectivity index (χ4n) is 4.74. The highest BCUT2D eigenvalue weighted by molar-refractivity contribution is 7.92. The predicted octanol–water partition coefficient (Wildman–Crippen LogP) is 4.15. The van der Waals surface area contributed by atoms with Crippen molar-refractivity contribution in [2.24, 2.45) is 5.92 Å². The summed E-state index contributed by atoms with van der Waals surface area (Å²) in [6.45, 7) is 9.16. The monoisotopic (exact) mass is 575 g/mol. The maximum atomic E-state index is 14.1. The van der Waals surface area contributed by atoms with Crippen LogP contribution in [0.15, 0.2) is 47.4 Å². The maximum Gasteiger partial charge on any atom is 0.261 e. The standard InChI is InChI=1S/C30H45N3O6S/c1-21-10-13-26(14-11-21)40(36,37)31-25-12-15-28-27(17-25)30(35)33(23(3)20-34)18-22(2)29(19-32(5)6)38-16-8-7-9-24(4)39-28/h10-15,17,22-24,29,31,34H,7-9,16,18-20H2,1-6H3/t22-,23-,24-,29+/m1/s1. The van der Waals surface area contributed by atoms with Gasteiger partial charge in [0.15, 0.2) is 0 Å². The number of fused-ring (bicyclic) bond motifs is 1. The Morgan fingerprint density at radius 1 is 1.12 bits per heavy atom. The molecule has 222 valence electrons. The Kier molecular flexibility index (Phi) is 11.4. The van der Waals surface area contributed by atoms with Crippen LogP contribution in [0.4, 0.5) is 5.69 Å². The van der Waals surface area contributed by atoms with Crippen molar-refractivity contribution in [3.05, 3.63) is 53.6 Å². The third kappa shape index (κ3) is 8.67. The Bertz CT molecular complexity index is 1220. The lowest BCUT2D eigenvalue weighted by Crippen LogP contribution is -2.47. The molecule has 10 heteroatoms. The molecule has 0 fully saturated rings. The van der Waals surface area contributed by atoms with E-state index in [2.05, 4.69) is 16.5 Å². The third-order valence-corrected chi connectivity index (χ3v) is 8.58. The number of carbonyl (C=O) groups excluding carboxylic acids is 1. The number of ether oxygens (including phenoxy) is 2. The van der Waals surface area contributed by atoms with E-state index in [9.17, 15) is 18.3 Å². The highest BCUT2D eigenvalue weighted by atomic mass is 32.2. The Hall–Kier alpha value is -2.66. The minimum Gasteiger partial charge on any atom is -0.490 e. The van der Waals surface area contributed by atoms with Crippen molar-refractivity contribution < 1.29 is 27.8 Å². The second kappa shape index (κ2) is 14.3. The summed E-state index contributed by atoms with van der Waals surface area (Å²) >= 11 is 0. The van der Waals surface area contributed by atoms with Crippen molar-refractivity contribution >= 4 is 21.6 Å². The molecule has 0 aliphatic carbocycles. The second-order valence-electron chi connectivity index (χ2n) is 11.2. The maximum absolute atomic E-state index is 14.1. The highest BCUT2D eigenvalue weighted by Crippen LogP contribution is 2.29. The van der Waals surface area contributed by atoms with Crippen LogP contribution < -0.4 is 9.46 Å². The molecule has 0 saturated heterocycles. The molecule has 2 aromatic carbocycles. The molecule has 0 spiro atoms. The summed E-state index contributed by atoms with van der Waals surface area (Å²) in [6, 6.07) is 10.9. The largest absolute Gasteiger partial charge is 0.490 e. The molecule has 2 aromatic rings. The van der Waals surface area contributed by atoms with Gasteiger partial charge in [-0.15, -0.1) is 0 Å². The lowest BCUT2D eigenvalue weighted by molar-refractivity contribution is -0.0137. The average Bonchev–Trinajstić information content (AvgIpc) is 2.90. The minimum atomic E-state index is -3.87. The van der Waals surface area contributed by atoms with E-state index in [0.29, 0.717) is 25.4 Å². The molecular weight excluding hydrogens is 530 g/mol. The Morgan fingerprint density at radius 2 is 1.82 bits per heavy atom. The number of hydrogen-bond donors (Lipinski definition) is 2. The summed E-state index contributed by atoms with van der Waals surface area (Å²) in [5.74, 6) is 0.0270. The first-order chi connectivity index (χ1) is 18.9. The zero-order valence-electron chi connectivity index (χ0n) is 24.6. The van der Waals surface area contributed by atoms with E-state index in [1.54, 1.807) is 48.2 Å². The summed E-state index contributed by atoms with van der Waals surface area (Å²) in [7, 11) is 0.118. The van der Waals surface area contributed by atoms with Gasteiger partial charge in [0.1, 0.15) is 5.75 Å². The first kappa shape index (κ1) is 31.9. The average molecular weight is 576 g/mol. The van der Waals surface area contributed by atoms with Crippen LogP contribution in [0.3, 0.4) is 0 Å². The van der Waals surface area contributed by atoms with Crippen LogP contribution in [-0.4, -0.2) is 87.9 Å². The molecule has 40 heavy (non-hydrogen) atoms. The van der Waals surface area contributed by atoms with Gasteiger partial charge in [0.2, 0.25) is 0 Å². The van der Waals surface area contributed by atoms with Crippen LogP contribution in [0.2, 0.25) is 0 Å². The number of hydrogen-bond acceptors (Lipinski definition) is 7. The van der Waals surface area contributed by atoms with Crippen LogP contribution in [0.25, 0.3) is 0 Å². The molecular formula is C30H45N3O6S. The quantitative estimate of drug-likeness (QED) is 0.511. The summed E-state index contributed by atoms with van der Waals surface area (Å²) in [4.78, 5) is 18.0. The zero-order valence-corrected chi connectivity index (χ0v) is 25.4. The molecule has 0 unspecified atom stereocenters. The van der Waals surface area contributed by atoms with Crippen molar-refractivity contribution in [3.63, 3.8) is 0 Å².